The number of anilines is 1. The first-order valence-electron chi connectivity index (χ1n) is 9.30. The zero-order valence-corrected chi connectivity index (χ0v) is 16.3. The standard InChI is InChI=1S/C21H20N4O2S/c1-2-3-12-19-23-24-21(28-19)22-18(26)13-25-16-10-6-4-8-14(16)20(27)15-9-5-7-11-17(15)25/h4-11H,2-3,12-13H2,1H3,(H,22,24,26). The molecule has 0 saturated carbocycles. The molecule has 6 nitrogen and oxygen atoms in total. The highest BCUT2D eigenvalue weighted by atomic mass is 32.1. The van der Waals surface area contributed by atoms with Crippen molar-refractivity contribution in [2.24, 2.45) is 0 Å². The number of carbonyl (C=O) groups is 1. The number of nitrogens with one attached hydrogen (secondary N) is 1. The zero-order chi connectivity index (χ0) is 19.5. The molecule has 4 aromatic rings. The van der Waals surface area contributed by atoms with Crippen LogP contribution in [-0.4, -0.2) is 20.7 Å². The highest BCUT2D eigenvalue weighted by Crippen LogP contribution is 2.20. The van der Waals surface area contributed by atoms with Crippen molar-refractivity contribution in [2.45, 2.75) is 32.7 Å². The van der Waals surface area contributed by atoms with E-state index in [9.17, 15) is 9.59 Å². The van der Waals surface area contributed by atoms with Crippen LogP contribution in [0, 0.1) is 0 Å². The molecule has 7 heteroatoms. The second-order valence-electron chi connectivity index (χ2n) is 6.60. The lowest BCUT2D eigenvalue weighted by atomic mass is 10.1. The quantitative estimate of drug-likeness (QED) is 0.504. The number of rotatable bonds is 6. The van der Waals surface area contributed by atoms with Crippen molar-refractivity contribution in [3.63, 3.8) is 0 Å². The Balaban J connectivity index is 1.67. The van der Waals surface area contributed by atoms with E-state index in [1.54, 1.807) is 12.1 Å². The molecule has 0 atom stereocenters. The zero-order valence-electron chi connectivity index (χ0n) is 15.5. The fourth-order valence-corrected chi connectivity index (χ4v) is 4.08. The van der Waals surface area contributed by atoms with Crippen LogP contribution in [0.4, 0.5) is 5.13 Å². The molecule has 0 aliphatic rings. The summed E-state index contributed by atoms with van der Waals surface area (Å²) in [5.41, 5.74) is 1.46. The van der Waals surface area contributed by atoms with E-state index in [1.165, 1.54) is 11.3 Å². The van der Waals surface area contributed by atoms with Crippen molar-refractivity contribution in [2.75, 3.05) is 5.32 Å². The summed E-state index contributed by atoms with van der Waals surface area (Å²) in [6.45, 7) is 2.22. The predicted octanol–water partition coefficient (Wildman–Crippen LogP) is 3.99. The molecule has 0 spiro atoms. The Bertz CT molecular complexity index is 1150. The van der Waals surface area contributed by atoms with Crippen LogP contribution < -0.4 is 10.7 Å². The van der Waals surface area contributed by atoms with E-state index in [-0.39, 0.29) is 17.9 Å². The first kappa shape index (κ1) is 18.3. The number of hydrogen-bond donors (Lipinski definition) is 1. The van der Waals surface area contributed by atoms with Gasteiger partial charge in [-0.2, -0.15) is 0 Å². The van der Waals surface area contributed by atoms with Gasteiger partial charge in [0.1, 0.15) is 11.6 Å². The van der Waals surface area contributed by atoms with Crippen molar-refractivity contribution in [1.82, 2.24) is 14.8 Å². The van der Waals surface area contributed by atoms with Gasteiger partial charge in [-0.3, -0.25) is 14.9 Å². The Hall–Kier alpha value is -3.06. The number of fused-ring (bicyclic) bond motifs is 2. The molecule has 0 aliphatic carbocycles. The largest absolute Gasteiger partial charge is 0.331 e. The molecule has 0 bridgehead atoms. The normalized spacial score (nSPS) is 11.2. The number of benzene rings is 2. The molecule has 4 rings (SSSR count). The number of amides is 1. The van der Waals surface area contributed by atoms with Crippen molar-refractivity contribution < 1.29 is 4.79 Å². The molecule has 2 heterocycles. The third kappa shape index (κ3) is 3.53. The van der Waals surface area contributed by atoms with E-state index in [1.807, 2.05) is 41.0 Å². The second-order valence-corrected chi connectivity index (χ2v) is 7.66. The fraction of sp³-hybridized carbons (Fsp3) is 0.238. The number of carbonyl (C=O) groups excluding carboxylic acids is 1. The van der Waals surface area contributed by atoms with Crippen LogP contribution in [0.2, 0.25) is 0 Å². The highest BCUT2D eigenvalue weighted by molar-refractivity contribution is 7.15. The third-order valence-electron chi connectivity index (χ3n) is 4.64. The summed E-state index contributed by atoms with van der Waals surface area (Å²) in [6.07, 6.45) is 3.02. The summed E-state index contributed by atoms with van der Waals surface area (Å²) in [4.78, 5) is 25.5. The molecular weight excluding hydrogens is 372 g/mol. The number of nitrogens with zero attached hydrogens (tertiary/aromatic N) is 3. The van der Waals surface area contributed by atoms with Crippen molar-refractivity contribution in [3.8, 4) is 0 Å². The fourth-order valence-electron chi connectivity index (χ4n) is 3.28. The first-order chi connectivity index (χ1) is 13.7. The Morgan fingerprint density at radius 1 is 1.04 bits per heavy atom. The van der Waals surface area contributed by atoms with E-state index in [0.29, 0.717) is 15.9 Å². The van der Waals surface area contributed by atoms with Gasteiger partial charge < -0.3 is 4.57 Å². The van der Waals surface area contributed by atoms with Gasteiger partial charge in [-0.15, -0.1) is 10.2 Å². The van der Waals surface area contributed by atoms with Crippen LogP contribution in [0.15, 0.2) is 53.3 Å². The maximum absolute atomic E-state index is 12.8. The van der Waals surface area contributed by atoms with Crippen LogP contribution in [-0.2, 0) is 17.8 Å². The minimum absolute atomic E-state index is 0.0208. The molecule has 142 valence electrons. The van der Waals surface area contributed by atoms with Crippen molar-refractivity contribution in [1.29, 1.82) is 0 Å². The average molecular weight is 392 g/mol. The van der Waals surface area contributed by atoms with E-state index >= 15 is 0 Å². The second kappa shape index (κ2) is 7.90. The molecule has 1 amide bonds. The summed E-state index contributed by atoms with van der Waals surface area (Å²) in [6, 6.07) is 14.7. The van der Waals surface area contributed by atoms with Gasteiger partial charge in [-0.25, -0.2) is 0 Å². The summed E-state index contributed by atoms with van der Waals surface area (Å²) >= 11 is 1.41. The SMILES string of the molecule is CCCCc1nnc(NC(=O)Cn2c3ccccc3c(=O)c3ccccc32)s1. The van der Waals surface area contributed by atoms with Gasteiger partial charge in [0.25, 0.3) is 0 Å². The van der Waals surface area contributed by atoms with Gasteiger partial charge >= 0.3 is 0 Å². The van der Waals surface area contributed by atoms with Crippen LogP contribution in [0.1, 0.15) is 24.8 Å². The van der Waals surface area contributed by atoms with Gasteiger partial charge in [0.15, 0.2) is 5.43 Å². The molecule has 0 radical (unpaired) electrons. The van der Waals surface area contributed by atoms with E-state index in [4.69, 9.17) is 0 Å². The lowest BCUT2D eigenvalue weighted by molar-refractivity contribution is -0.116. The van der Waals surface area contributed by atoms with Crippen LogP contribution in [0.25, 0.3) is 21.8 Å². The van der Waals surface area contributed by atoms with Crippen LogP contribution in [0.3, 0.4) is 0 Å². The lowest BCUT2D eigenvalue weighted by Crippen LogP contribution is -2.21. The minimum atomic E-state index is -0.197. The maximum atomic E-state index is 12.8. The van der Waals surface area contributed by atoms with E-state index in [0.717, 1.165) is 35.3 Å². The highest BCUT2D eigenvalue weighted by Gasteiger charge is 2.14. The molecule has 0 unspecified atom stereocenters. The molecule has 1 N–H and O–H groups in total. The predicted molar refractivity (Wildman–Crippen MR) is 113 cm³/mol. The monoisotopic (exact) mass is 392 g/mol. The third-order valence-corrected chi connectivity index (χ3v) is 5.54. The Morgan fingerprint density at radius 3 is 2.32 bits per heavy atom. The van der Waals surface area contributed by atoms with E-state index in [2.05, 4.69) is 22.4 Å². The Labute approximate surface area is 165 Å². The molecule has 0 fully saturated rings. The van der Waals surface area contributed by atoms with Gasteiger partial charge in [0.05, 0.1) is 11.0 Å². The molecule has 2 aromatic heterocycles. The van der Waals surface area contributed by atoms with Gasteiger partial charge in [-0.05, 0) is 30.7 Å². The Morgan fingerprint density at radius 2 is 1.68 bits per heavy atom. The molecular formula is C21H20N4O2S. The van der Waals surface area contributed by atoms with Gasteiger partial charge in [0, 0.05) is 17.2 Å². The number of aryl methyl sites for hydroxylation is 1. The van der Waals surface area contributed by atoms with E-state index < -0.39 is 0 Å². The van der Waals surface area contributed by atoms with Gasteiger partial charge in [-0.1, -0.05) is 48.9 Å². The van der Waals surface area contributed by atoms with Gasteiger partial charge in [0.2, 0.25) is 11.0 Å². The topological polar surface area (TPSA) is 76.9 Å². The minimum Gasteiger partial charge on any atom is -0.331 e. The van der Waals surface area contributed by atoms with Crippen molar-refractivity contribution >= 4 is 44.2 Å². The van der Waals surface area contributed by atoms with Crippen LogP contribution >= 0.6 is 11.3 Å². The summed E-state index contributed by atoms with van der Waals surface area (Å²) < 4.78 is 1.88. The first-order valence-corrected chi connectivity index (χ1v) is 10.1. The molecule has 0 saturated heterocycles. The number of pyridine rings is 1. The number of para-hydroxylation sites is 2. The molecule has 28 heavy (non-hydrogen) atoms. The number of aromatic nitrogens is 3. The summed E-state index contributed by atoms with van der Waals surface area (Å²) in [5.74, 6) is -0.197. The smallest absolute Gasteiger partial charge is 0.246 e. The number of hydrogen-bond acceptors (Lipinski definition) is 5. The van der Waals surface area contributed by atoms with Crippen LogP contribution in [0.5, 0.6) is 0 Å². The van der Waals surface area contributed by atoms with Crippen molar-refractivity contribution in [3.05, 3.63) is 63.8 Å². The Kier molecular flexibility index (Phi) is 5.16. The summed E-state index contributed by atoms with van der Waals surface area (Å²) in [7, 11) is 0. The maximum Gasteiger partial charge on any atom is 0.246 e. The lowest BCUT2D eigenvalue weighted by Gasteiger charge is -2.14. The number of unbranched alkanes of at least 4 members (excludes halogenated alkanes) is 1. The molecule has 0 aliphatic heterocycles. The average Bonchev–Trinajstić information content (AvgIpc) is 3.16. The summed E-state index contributed by atoms with van der Waals surface area (Å²) in [5, 5.41) is 13.7. The molecule has 2 aromatic carbocycles.